The molecular formula is C62H74N2O14S2Si. The molecule has 0 unspecified atom stereocenters. The van der Waals surface area contributed by atoms with E-state index in [1.807, 2.05) is 98.8 Å². The number of hydrogen-bond acceptors (Lipinski definition) is 14. The molecule has 0 radical (unpaired) electrons. The number of aryl methyl sites for hydroxylation is 2. The van der Waals surface area contributed by atoms with Crippen molar-refractivity contribution in [2.45, 2.75) is 113 Å². The molecular weight excluding hydrogens is 1090 g/mol. The Hall–Kier alpha value is -6.52. The van der Waals surface area contributed by atoms with Gasteiger partial charge in [0.1, 0.15) is 42.6 Å². The largest absolute Gasteiger partial charge is 0.497 e. The van der Waals surface area contributed by atoms with E-state index in [0.29, 0.717) is 28.2 Å². The summed E-state index contributed by atoms with van der Waals surface area (Å²) in [5.41, 5.74) is -1.19. The SMILES string of the molecule is COc1ccc(C(OC[C@](CO[Si](C(C)C)(C(C)C)C(C)C)(COS(=O)(=O)c2ccc(C)cc2)O[C@H](COS(=O)(=O)c2ccc(C)cc2)n2ccc(=O)n(COCc3ccccc3)c2=O)(c2ccccc2)c2ccc(OC)cc2)cc1. The summed E-state index contributed by atoms with van der Waals surface area (Å²) in [5, 5.41) is 0. The molecule has 1 heterocycles. The van der Waals surface area contributed by atoms with Crippen molar-refractivity contribution in [2.75, 3.05) is 40.6 Å². The zero-order valence-corrected chi connectivity index (χ0v) is 50.3. The van der Waals surface area contributed by atoms with E-state index >= 15 is 4.79 Å². The van der Waals surface area contributed by atoms with Crippen molar-refractivity contribution in [2.24, 2.45) is 0 Å². The lowest BCUT2D eigenvalue weighted by atomic mass is 9.79. The molecule has 0 amide bonds. The number of methoxy groups -OCH3 is 2. The van der Waals surface area contributed by atoms with E-state index in [1.54, 1.807) is 62.8 Å². The highest BCUT2D eigenvalue weighted by Gasteiger charge is 2.50. The fraction of sp³-hybridized carbons (Fsp3) is 0.355. The Morgan fingerprint density at radius 3 is 1.49 bits per heavy atom. The molecule has 0 aliphatic rings. The third kappa shape index (κ3) is 14.6. The molecule has 2 atom stereocenters. The van der Waals surface area contributed by atoms with Gasteiger partial charge in [-0.2, -0.15) is 16.8 Å². The maximum Gasteiger partial charge on any atom is 0.335 e. The van der Waals surface area contributed by atoms with Crippen LogP contribution in [0.2, 0.25) is 16.6 Å². The van der Waals surface area contributed by atoms with E-state index < -0.39 is 90.4 Å². The van der Waals surface area contributed by atoms with Crippen LogP contribution in [-0.4, -0.2) is 80.5 Å². The molecule has 432 valence electrons. The zero-order valence-electron chi connectivity index (χ0n) is 47.6. The second-order valence-electron chi connectivity index (χ2n) is 21.0. The summed E-state index contributed by atoms with van der Waals surface area (Å²) in [7, 11) is -9.11. The standard InChI is InChI=1S/C62H74N2O14S2Si/c1-45(2)81(46(3)4,47(5)6)77-43-61(42-76-80(69,70)57-35-23-49(8)24-36-57,41-74-62(51-19-15-12-16-20-51,52-25-29-54(71-9)30-26-52)53-27-31-55(72-10)32-28-53)78-59(40-75-79(67,68)56-33-21-48(7)22-34-56)63-38-37-58(65)64(60(63)66)44-73-39-50-17-13-11-14-18-50/h11-38,45-47,59H,39-44H2,1-10H3/t59-,61-/m1/s1. The Kier molecular flexibility index (Phi) is 20.7. The van der Waals surface area contributed by atoms with Gasteiger partial charge in [0.15, 0.2) is 14.5 Å². The second kappa shape index (κ2) is 27.0. The fourth-order valence-electron chi connectivity index (χ4n) is 10.3. The minimum Gasteiger partial charge on any atom is -0.497 e. The number of nitrogens with zero attached hydrogens (tertiary/aromatic N) is 2. The van der Waals surface area contributed by atoms with Crippen molar-refractivity contribution < 1.29 is 53.3 Å². The van der Waals surface area contributed by atoms with Gasteiger partial charge in [-0.05, 0) is 101 Å². The molecule has 16 nitrogen and oxygen atoms in total. The van der Waals surface area contributed by atoms with Crippen LogP contribution >= 0.6 is 0 Å². The molecule has 0 bridgehead atoms. The smallest absolute Gasteiger partial charge is 0.335 e. The van der Waals surface area contributed by atoms with Crippen molar-refractivity contribution in [3.8, 4) is 11.5 Å². The third-order valence-electron chi connectivity index (χ3n) is 14.6. The summed E-state index contributed by atoms with van der Waals surface area (Å²) in [6, 6.07) is 46.5. The highest BCUT2D eigenvalue weighted by molar-refractivity contribution is 7.87. The van der Waals surface area contributed by atoms with E-state index in [0.717, 1.165) is 31.9 Å². The molecule has 0 aliphatic heterocycles. The van der Waals surface area contributed by atoms with Gasteiger partial charge in [-0.3, -0.25) is 17.7 Å². The van der Waals surface area contributed by atoms with Crippen LogP contribution in [0, 0.1) is 13.8 Å². The lowest BCUT2D eigenvalue weighted by Crippen LogP contribution is -2.57. The van der Waals surface area contributed by atoms with E-state index in [1.165, 1.54) is 30.5 Å². The van der Waals surface area contributed by atoms with Gasteiger partial charge in [0.2, 0.25) is 0 Å². The summed E-state index contributed by atoms with van der Waals surface area (Å²) in [4.78, 5) is 28.4. The van der Waals surface area contributed by atoms with Crippen LogP contribution in [0.1, 0.15) is 81.2 Å². The second-order valence-corrected chi connectivity index (χ2v) is 29.7. The monoisotopic (exact) mass is 1160 g/mol. The first-order chi connectivity index (χ1) is 38.6. The van der Waals surface area contributed by atoms with Gasteiger partial charge in [0, 0.05) is 12.3 Å². The van der Waals surface area contributed by atoms with Gasteiger partial charge < -0.3 is 28.1 Å². The van der Waals surface area contributed by atoms with Crippen molar-refractivity contribution in [3.63, 3.8) is 0 Å². The summed E-state index contributed by atoms with van der Waals surface area (Å²) >= 11 is 0. The molecule has 0 spiro atoms. The summed E-state index contributed by atoms with van der Waals surface area (Å²) in [6.07, 6.45) is -0.627. The van der Waals surface area contributed by atoms with E-state index in [9.17, 15) is 21.6 Å². The molecule has 0 saturated heterocycles. The third-order valence-corrected chi connectivity index (χ3v) is 23.2. The van der Waals surface area contributed by atoms with Gasteiger partial charge >= 0.3 is 5.69 Å². The average molecular weight is 1160 g/mol. The van der Waals surface area contributed by atoms with E-state index in [4.69, 9.17) is 36.5 Å². The first-order valence-corrected chi connectivity index (χ1v) is 31.7. The molecule has 0 aliphatic carbocycles. The van der Waals surface area contributed by atoms with Gasteiger partial charge in [0.05, 0.1) is 43.8 Å². The van der Waals surface area contributed by atoms with Crippen LogP contribution in [0.3, 0.4) is 0 Å². The van der Waals surface area contributed by atoms with Crippen LogP contribution in [-0.2, 0) is 66.2 Å². The number of hydrogen-bond donors (Lipinski definition) is 0. The lowest BCUT2D eigenvalue weighted by molar-refractivity contribution is -0.207. The quantitative estimate of drug-likeness (QED) is 0.0245. The molecule has 7 rings (SSSR count). The van der Waals surface area contributed by atoms with Crippen LogP contribution in [0.15, 0.2) is 189 Å². The highest BCUT2D eigenvalue weighted by Crippen LogP contribution is 2.46. The molecule has 81 heavy (non-hydrogen) atoms. The molecule has 0 saturated carbocycles. The van der Waals surface area contributed by atoms with Crippen LogP contribution in [0.25, 0.3) is 0 Å². The Balaban J connectivity index is 1.50. The predicted molar refractivity (Wildman–Crippen MR) is 313 cm³/mol. The van der Waals surface area contributed by atoms with Crippen LogP contribution < -0.4 is 20.7 Å². The molecule has 6 aromatic carbocycles. The molecule has 0 N–H and O–H groups in total. The fourth-order valence-corrected chi connectivity index (χ4v) is 17.7. The van der Waals surface area contributed by atoms with E-state index in [2.05, 4.69) is 41.5 Å². The predicted octanol–water partition coefficient (Wildman–Crippen LogP) is 11.1. The van der Waals surface area contributed by atoms with Crippen molar-refractivity contribution >= 4 is 28.6 Å². The molecule has 19 heteroatoms. The highest BCUT2D eigenvalue weighted by atomic mass is 32.2. The molecule has 0 fully saturated rings. The zero-order chi connectivity index (χ0) is 58.6. The number of benzene rings is 6. The minimum absolute atomic E-state index is 0.0174. The van der Waals surface area contributed by atoms with Crippen molar-refractivity contribution in [1.82, 2.24) is 9.13 Å². The number of ether oxygens (including phenoxy) is 5. The van der Waals surface area contributed by atoms with E-state index in [-0.39, 0.29) is 33.0 Å². The van der Waals surface area contributed by atoms with Crippen molar-refractivity contribution in [1.29, 1.82) is 0 Å². The van der Waals surface area contributed by atoms with Crippen LogP contribution in [0.4, 0.5) is 0 Å². The first kappa shape index (κ1) is 62.1. The summed E-state index contributed by atoms with van der Waals surface area (Å²) < 4.78 is 111. The van der Waals surface area contributed by atoms with Crippen molar-refractivity contribution in [3.05, 3.63) is 224 Å². The maximum absolute atomic E-state index is 15.0. The first-order valence-electron chi connectivity index (χ1n) is 26.8. The maximum atomic E-state index is 15.0. The summed E-state index contributed by atoms with van der Waals surface area (Å²) in [5.74, 6) is 1.13. The lowest BCUT2D eigenvalue weighted by Gasteiger charge is -2.46. The van der Waals surface area contributed by atoms with Gasteiger partial charge in [-0.1, -0.05) is 162 Å². The topological polar surface area (TPSA) is 186 Å². The number of rotatable bonds is 29. The normalized spacial score (nSPS) is 13.6. The Morgan fingerprint density at radius 2 is 1.01 bits per heavy atom. The molecule has 1 aromatic heterocycles. The Labute approximate surface area is 477 Å². The van der Waals surface area contributed by atoms with Gasteiger partial charge in [-0.25, -0.2) is 9.36 Å². The summed E-state index contributed by atoms with van der Waals surface area (Å²) in [6.45, 7) is 13.0. The Bertz CT molecular complexity index is 3420. The minimum atomic E-state index is -4.63. The average Bonchev–Trinajstić information content (AvgIpc) is 3.60. The Morgan fingerprint density at radius 1 is 0.543 bits per heavy atom. The molecule has 7 aromatic rings. The number of aromatic nitrogens is 2. The van der Waals surface area contributed by atoms with Crippen LogP contribution in [0.5, 0.6) is 11.5 Å². The van der Waals surface area contributed by atoms with Gasteiger partial charge in [0.25, 0.3) is 25.8 Å². The van der Waals surface area contributed by atoms with Gasteiger partial charge in [-0.15, -0.1) is 0 Å².